The van der Waals surface area contributed by atoms with Crippen molar-refractivity contribution in [2.24, 2.45) is 5.92 Å². The Morgan fingerprint density at radius 3 is 2.26 bits per heavy atom. The SMILES string of the molecule is CCC(C)C(C(=O)N1CCCN(C(C)=O)CC1)c1ccccc1. The summed E-state index contributed by atoms with van der Waals surface area (Å²) in [6.07, 6.45) is 1.83. The van der Waals surface area contributed by atoms with Crippen LogP contribution in [0.4, 0.5) is 0 Å². The third-order valence-corrected chi connectivity index (χ3v) is 4.89. The number of carbonyl (C=O) groups excluding carboxylic acids is 2. The fourth-order valence-electron chi connectivity index (χ4n) is 3.26. The van der Waals surface area contributed by atoms with Crippen molar-refractivity contribution in [2.45, 2.75) is 39.5 Å². The molecule has 0 bridgehead atoms. The van der Waals surface area contributed by atoms with E-state index in [9.17, 15) is 9.59 Å². The highest BCUT2D eigenvalue weighted by atomic mass is 16.2. The van der Waals surface area contributed by atoms with E-state index in [-0.39, 0.29) is 17.7 Å². The zero-order valence-corrected chi connectivity index (χ0v) is 14.5. The molecule has 23 heavy (non-hydrogen) atoms. The summed E-state index contributed by atoms with van der Waals surface area (Å²) in [5, 5.41) is 0. The van der Waals surface area contributed by atoms with Gasteiger partial charge in [0.05, 0.1) is 5.92 Å². The lowest BCUT2D eigenvalue weighted by atomic mass is 9.84. The Bertz CT molecular complexity index is 529. The second-order valence-corrected chi connectivity index (χ2v) is 6.46. The minimum absolute atomic E-state index is 0.0925. The van der Waals surface area contributed by atoms with Crippen LogP contribution < -0.4 is 0 Å². The van der Waals surface area contributed by atoms with Gasteiger partial charge in [0.1, 0.15) is 0 Å². The summed E-state index contributed by atoms with van der Waals surface area (Å²) >= 11 is 0. The van der Waals surface area contributed by atoms with Crippen LogP contribution in [0.3, 0.4) is 0 Å². The lowest BCUT2D eigenvalue weighted by molar-refractivity contribution is -0.134. The van der Waals surface area contributed by atoms with Gasteiger partial charge in [-0.3, -0.25) is 9.59 Å². The van der Waals surface area contributed by atoms with Crippen LogP contribution in [0.1, 0.15) is 45.1 Å². The van der Waals surface area contributed by atoms with Gasteiger partial charge in [-0.2, -0.15) is 0 Å². The van der Waals surface area contributed by atoms with E-state index < -0.39 is 0 Å². The van der Waals surface area contributed by atoms with E-state index in [1.54, 1.807) is 6.92 Å². The van der Waals surface area contributed by atoms with Crippen molar-refractivity contribution < 1.29 is 9.59 Å². The summed E-state index contributed by atoms with van der Waals surface area (Å²) in [5.41, 5.74) is 1.10. The molecule has 2 rings (SSSR count). The minimum atomic E-state index is -0.0925. The maximum atomic E-state index is 13.2. The number of amides is 2. The van der Waals surface area contributed by atoms with Crippen LogP contribution in [-0.4, -0.2) is 47.8 Å². The van der Waals surface area contributed by atoms with Gasteiger partial charge in [0.2, 0.25) is 11.8 Å². The molecule has 1 aromatic carbocycles. The van der Waals surface area contributed by atoms with Crippen molar-refractivity contribution in [3.05, 3.63) is 35.9 Å². The molecule has 0 radical (unpaired) electrons. The molecule has 1 aliphatic heterocycles. The fourth-order valence-corrected chi connectivity index (χ4v) is 3.26. The molecule has 1 heterocycles. The molecule has 0 aliphatic carbocycles. The van der Waals surface area contributed by atoms with Crippen LogP contribution >= 0.6 is 0 Å². The second kappa shape index (κ2) is 8.14. The molecule has 1 saturated heterocycles. The summed E-state index contributed by atoms with van der Waals surface area (Å²) < 4.78 is 0. The quantitative estimate of drug-likeness (QED) is 0.857. The third kappa shape index (κ3) is 4.34. The van der Waals surface area contributed by atoms with Gasteiger partial charge in [-0.05, 0) is 17.9 Å². The molecule has 4 nitrogen and oxygen atoms in total. The predicted octanol–water partition coefficient (Wildman–Crippen LogP) is 2.90. The number of nitrogens with zero attached hydrogens (tertiary/aromatic N) is 2. The molecule has 2 unspecified atom stereocenters. The van der Waals surface area contributed by atoms with Crippen LogP contribution in [0.5, 0.6) is 0 Å². The summed E-state index contributed by atoms with van der Waals surface area (Å²) in [6, 6.07) is 10.1. The van der Waals surface area contributed by atoms with E-state index in [1.165, 1.54) is 0 Å². The number of hydrogen-bond acceptors (Lipinski definition) is 2. The van der Waals surface area contributed by atoms with Crippen molar-refractivity contribution in [3.63, 3.8) is 0 Å². The number of benzene rings is 1. The van der Waals surface area contributed by atoms with Gasteiger partial charge in [-0.15, -0.1) is 0 Å². The van der Waals surface area contributed by atoms with Gasteiger partial charge < -0.3 is 9.80 Å². The molecule has 1 aromatic rings. The van der Waals surface area contributed by atoms with Gasteiger partial charge >= 0.3 is 0 Å². The molecule has 2 atom stereocenters. The Labute approximate surface area is 139 Å². The first-order valence-corrected chi connectivity index (χ1v) is 8.63. The number of carbonyl (C=O) groups is 2. The zero-order valence-electron chi connectivity index (χ0n) is 14.5. The number of hydrogen-bond donors (Lipinski definition) is 0. The van der Waals surface area contributed by atoms with E-state index in [1.807, 2.05) is 28.0 Å². The molecule has 4 heteroatoms. The van der Waals surface area contributed by atoms with Gasteiger partial charge in [-0.1, -0.05) is 50.6 Å². The average Bonchev–Trinajstić information content (AvgIpc) is 2.82. The average molecular weight is 316 g/mol. The lowest BCUT2D eigenvalue weighted by Crippen LogP contribution is -2.40. The summed E-state index contributed by atoms with van der Waals surface area (Å²) in [6.45, 7) is 8.65. The fraction of sp³-hybridized carbons (Fsp3) is 0.579. The third-order valence-electron chi connectivity index (χ3n) is 4.89. The van der Waals surface area contributed by atoms with Crippen LogP contribution in [0.25, 0.3) is 0 Å². The van der Waals surface area contributed by atoms with E-state index in [2.05, 4.69) is 26.0 Å². The molecule has 1 aliphatic rings. The van der Waals surface area contributed by atoms with Crippen molar-refractivity contribution >= 4 is 11.8 Å². The predicted molar refractivity (Wildman–Crippen MR) is 92.1 cm³/mol. The number of rotatable bonds is 4. The van der Waals surface area contributed by atoms with E-state index in [0.29, 0.717) is 19.0 Å². The monoisotopic (exact) mass is 316 g/mol. The molecule has 0 saturated carbocycles. The highest BCUT2D eigenvalue weighted by Gasteiger charge is 2.31. The van der Waals surface area contributed by atoms with Gasteiger partial charge in [0.25, 0.3) is 0 Å². The second-order valence-electron chi connectivity index (χ2n) is 6.46. The van der Waals surface area contributed by atoms with Crippen LogP contribution in [0.2, 0.25) is 0 Å². The normalized spacial score (nSPS) is 18.2. The Morgan fingerprint density at radius 1 is 1.04 bits per heavy atom. The summed E-state index contributed by atoms with van der Waals surface area (Å²) in [4.78, 5) is 28.5. The molecular formula is C19H28N2O2. The van der Waals surface area contributed by atoms with Crippen molar-refractivity contribution in [1.82, 2.24) is 9.80 Å². The minimum Gasteiger partial charge on any atom is -0.341 e. The van der Waals surface area contributed by atoms with Crippen LogP contribution in [-0.2, 0) is 9.59 Å². The highest BCUT2D eigenvalue weighted by Crippen LogP contribution is 2.29. The molecule has 0 spiro atoms. The van der Waals surface area contributed by atoms with Gasteiger partial charge in [0.15, 0.2) is 0 Å². The lowest BCUT2D eigenvalue weighted by Gasteiger charge is -2.29. The first-order chi connectivity index (χ1) is 11.0. The van der Waals surface area contributed by atoms with E-state index in [4.69, 9.17) is 0 Å². The topological polar surface area (TPSA) is 40.6 Å². The first-order valence-electron chi connectivity index (χ1n) is 8.63. The Kier molecular flexibility index (Phi) is 6.20. The van der Waals surface area contributed by atoms with E-state index in [0.717, 1.165) is 31.5 Å². The van der Waals surface area contributed by atoms with Crippen LogP contribution in [0, 0.1) is 5.92 Å². The molecule has 2 amide bonds. The Balaban J connectivity index is 2.16. The zero-order chi connectivity index (χ0) is 16.8. The molecule has 126 valence electrons. The molecule has 0 N–H and O–H groups in total. The highest BCUT2D eigenvalue weighted by molar-refractivity contribution is 5.84. The summed E-state index contributed by atoms with van der Waals surface area (Å²) in [7, 11) is 0. The van der Waals surface area contributed by atoms with Gasteiger partial charge in [-0.25, -0.2) is 0 Å². The molecular weight excluding hydrogens is 288 g/mol. The van der Waals surface area contributed by atoms with Crippen molar-refractivity contribution in [3.8, 4) is 0 Å². The smallest absolute Gasteiger partial charge is 0.230 e. The molecule has 0 aromatic heterocycles. The summed E-state index contributed by atoms with van der Waals surface area (Å²) in [5.74, 6) is 0.513. The van der Waals surface area contributed by atoms with Gasteiger partial charge in [0, 0.05) is 33.1 Å². The van der Waals surface area contributed by atoms with Crippen molar-refractivity contribution in [1.29, 1.82) is 0 Å². The maximum Gasteiger partial charge on any atom is 0.230 e. The first kappa shape index (κ1) is 17.5. The largest absolute Gasteiger partial charge is 0.341 e. The van der Waals surface area contributed by atoms with Crippen molar-refractivity contribution in [2.75, 3.05) is 26.2 Å². The maximum absolute atomic E-state index is 13.2. The van der Waals surface area contributed by atoms with Crippen LogP contribution in [0.15, 0.2) is 30.3 Å². The standard InChI is InChI=1S/C19H28N2O2/c1-4-15(2)18(17-9-6-5-7-10-17)19(23)21-12-8-11-20(13-14-21)16(3)22/h5-7,9-10,15,18H,4,8,11-14H2,1-3H3. The Morgan fingerprint density at radius 2 is 1.65 bits per heavy atom. The molecule has 1 fully saturated rings. The Hall–Kier alpha value is -1.84. The van der Waals surface area contributed by atoms with E-state index >= 15 is 0 Å².